The van der Waals surface area contributed by atoms with Crippen molar-refractivity contribution in [3.8, 4) is 0 Å². The van der Waals surface area contributed by atoms with E-state index in [4.69, 9.17) is 4.74 Å². The van der Waals surface area contributed by atoms with Gasteiger partial charge in [-0.15, -0.1) is 0 Å². The van der Waals surface area contributed by atoms with Crippen LogP contribution in [-0.4, -0.2) is 63.6 Å². The second kappa shape index (κ2) is 7.38. The number of likely N-dealkylation sites (N-methyl/N-ethyl adjacent to an activating group) is 1. The van der Waals surface area contributed by atoms with E-state index in [2.05, 4.69) is 61.3 Å². The van der Waals surface area contributed by atoms with Gasteiger partial charge in [-0.3, -0.25) is 4.98 Å². The minimum atomic E-state index is -0.892. The van der Waals surface area contributed by atoms with Crippen LogP contribution in [0.3, 0.4) is 0 Å². The number of ether oxygens (including phenoxy) is 1. The number of aliphatic hydroxyl groups is 2. The summed E-state index contributed by atoms with van der Waals surface area (Å²) in [5.74, 6) is 0.654. The van der Waals surface area contributed by atoms with E-state index in [-0.39, 0.29) is 17.1 Å². The van der Waals surface area contributed by atoms with Crippen LogP contribution in [-0.2, 0) is 4.74 Å². The molecule has 1 saturated carbocycles. The quantitative estimate of drug-likeness (QED) is 0.657. The maximum atomic E-state index is 11.2. The van der Waals surface area contributed by atoms with Gasteiger partial charge in [0.25, 0.3) is 0 Å². The SMILES string of the molecule is CC1C=C2C=C3C(O)C(O)C(N(C)C)CC34CCC2(O4)C2CC=C(c3ccc4cnccc4c3)C12C. The Morgan fingerprint density at radius 1 is 1.11 bits per heavy atom. The fourth-order valence-electron chi connectivity index (χ4n) is 8.51. The van der Waals surface area contributed by atoms with Gasteiger partial charge < -0.3 is 19.8 Å². The van der Waals surface area contributed by atoms with Gasteiger partial charge in [-0.1, -0.05) is 44.2 Å². The highest BCUT2D eigenvalue weighted by atomic mass is 16.5. The fourth-order valence-corrected chi connectivity index (χ4v) is 8.51. The summed E-state index contributed by atoms with van der Waals surface area (Å²) in [5.41, 5.74) is 3.94. The van der Waals surface area contributed by atoms with Crippen LogP contribution in [0, 0.1) is 17.3 Å². The molecule has 5 nitrogen and oxygen atoms in total. The molecule has 3 heterocycles. The Morgan fingerprint density at radius 3 is 2.75 bits per heavy atom. The van der Waals surface area contributed by atoms with Crippen LogP contribution in [0.2, 0.25) is 0 Å². The number of fused-ring (bicyclic) bond motifs is 2. The first kappa shape index (κ1) is 22.9. The number of allylic oxidation sites excluding steroid dienone is 3. The minimum absolute atomic E-state index is 0.0468. The first-order valence-corrected chi connectivity index (χ1v) is 13.4. The van der Waals surface area contributed by atoms with Gasteiger partial charge in [-0.05, 0) is 85.5 Å². The summed E-state index contributed by atoms with van der Waals surface area (Å²) >= 11 is 0. The van der Waals surface area contributed by atoms with E-state index in [0.29, 0.717) is 11.8 Å². The molecule has 0 radical (unpaired) electrons. The predicted octanol–water partition coefficient (Wildman–Crippen LogP) is 4.50. The third-order valence-corrected chi connectivity index (χ3v) is 10.6. The van der Waals surface area contributed by atoms with E-state index in [1.165, 1.54) is 27.5 Å². The number of rotatable bonds is 2. The molecule has 1 aromatic carbocycles. The highest BCUT2D eigenvalue weighted by Crippen LogP contribution is 2.69. The lowest BCUT2D eigenvalue weighted by molar-refractivity contribution is -0.165. The molecule has 188 valence electrons. The second-order valence-electron chi connectivity index (χ2n) is 12.3. The summed E-state index contributed by atoms with van der Waals surface area (Å²) in [6.07, 6.45) is 12.7. The summed E-state index contributed by atoms with van der Waals surface area (Å²) in [6, 6.07) is 8.72. The topological polar surface area (TPSA) is 65.8 Å². The largest absolute Gasteiger partial charge is 0.388 e. The molecule has 2 bridgehead atoms. The van der Waals surface area contributed by atoms with Crippen molar-refractivity contribution in [2.75, 3.05) is 14.1 Å². The zero-order valence-electron chi connectivity index (χ0n) is 21.6. The number of pyridine rings is 1. The van der Waals surface area contributed by atoms with Crippen molar-refractivity contribution < 1.29 is 14.9 Å². The van der Waals surface area contributed by atoms with Crippen LogP contribution < -0.4 is 0 Å². The van der Waals surface area contributed by atoms with E-state index in [0.717, 1.165) is 31.3 Å². The van der Waals surface area contributed by atoms with Gasteiger partial charge in [-0.25, -0.2) is 0 Å². The monoisotopic (exact) mass is 484 g/mol. The first-order valence-electron chi connectivity index (χ1n) is 13.4. The number of hydrogen-bond donors (Lipinski definition) is 2. The van der Waals surface area contributed by atoms with Gasteiger partial charge in [-0.2, -0.15) is 0 Å². The van der Waals surface area contributed by atoms with Crippen LogP contribution >= 0.6 is 0 Å². The van der Waals surface area contributed by atoms with Crippen molar-refractivity contribution >= 4 is 16.3 Å². The number of nitrogens with zero attached hydrogens (tertiary/aromatic N) is 2. The average Bonchev–Trinajstić information content (AvgIpc) is 3.39. The molecule has 1 aromatic heterocycles. The van der Waals surface area contributed by atoms with E-state index >= 15 is 0 Å². The molecule has 2 aliphatic heterocycles. The number of hydrogen-bond acceptors (Lipinski definition) is 5. The molecule has 8 atom stereocenters. The molecule has 2 fully saturated rings. The van der Waals surface area contributed by atoms with Crippen molar-refractivity contribution in [1.82, 2.24) is 9.88 Å². The zero-order valence-corrected chi connectivity index (χ0v) is 21.6. The normalized spacial score (nSPS) is 43.0. The van der Waals surface area contributed by atoms with Crippen LogP contribution in [0.1, 0.15) is 45.1 Å². The second-order valence-corrected chi connectivity index (χ2v) is 12.3. The Morgan fingerprint density at radius 2 is 1.94 bits per heavy atom. The molecule has 36 heavy (non-hydrogen) atoms. The van der Waals surface area contributed by atoms with Gasteiger partial charge in [0.15, 0.2) is 0 Å². The van der Waals surface area contributed by atoms with Crippen molar-refractivity contribution in [2.24, 2.45) is 17.3 Å². The Hall–Kier alpha value is -2.31. The molecule has 7 rings (SSSR count). The van der Waals surface area contributed by atoms with Crippen LogP contribution in [0.15, 0.2) is 66.0 Å². The highest BCUT2D eigenvalue weighted by molar-refractivity contribution is 5.87. The predicted molar refractivity (Wildman–Crippen MR) is 141 cm³/mol. The highest BCUT2D eigenvalue weighted by Gasteiger charge is 2.68. The lowest BCUT2D eigenvalue weighted by Crippen LogP contribution is -2.62. The first-order chi connectivity index (χ1) is 17.2. The molecule has 5 heteroatoms. The number of benzene rings is 1. The summed E-state index contributed by atoms with van der Waals surface area (Å²) < 4.78 is 7.29. The van der Waals surface area contributed by atoms with Crippen molar-refractivity contribution in [3.05, 3.63) is 71.6 Å². The molecular formula is C31H36N2O3. The Balaban J connectivity index is 1.33. The van der Waals surface area contributed by atoms with Gasteiger partial charge in [0, 0.05) is 35.2 Å². The molecule has 1 saturated heterocycles. The van der Waals surface area contributed by atoms with Crippen molar-refractivity contribution in [3.63, 3.8) is 0 Å². The minimum Gasteiger partial charge on any atom is -0.388 e. The van der Waals surface area contributed by atoms with E-state index in [1.54, 1.807) is 0 Å². The van der Waals surface area contributed by atoms with Gasteiger partial charge in [0.2, 0.25) is 0 Å². The molecule has 2 spiro atoms. The lowest BCUT2D eigenvalue weighted by atomic mass is 9.54. The number of aliphatic hydroxyl groups excluding tert-OH is 2. The third-order valence-electron chi connectivity index (χ3n) is 10.6. The molecular weight excluding hydrogens is 448 g/mol. The van der Waals surface area contributed by atoms with Gasteiger partial charge in [0.05, 0.1) is 17.3 Å². The average molecular weight is 485 g/mol. The number of aromatic nitrogens is 1. The smallest absolute Gasteiger partial charge is 0.105 e. The van der Waals surface area contributed by atoms with E-state index < -0.39 is 17.8 Å². The molecule has 5 aliphatic rings. The Kier molecular flexibility index (Phi) is 4.69. The summed E-state index contributed by atoms with van der Waals surface area (Å²) in [5, 5.41) is 24.5. The third kappa shape index (κ3) is 2.72. The fraction of sp³-hybridized carbons (Fsp3) is 0.516. The van der Waals surface area contributed by atoms with E-state index in [1.807, 2.05) is 31.4 Å². The Bertz CT molecular complexity index is 1360. The summed E-state index contributed by atoms with van der Waals surface area (Å²) in [6.45, 7) is 4.77. The Labute approximate surface area is 213 Å². The van der Waals surface area contributed by atoms with Crippen LogP contribution in [0.25, 0.3) is 16.3 Å². The zero-order chi connectivity index (χ0) is 25.0. The van der Waals surface area contributed by atoms with Gasteiger partial charge >= 0.3 is 0 Å². The molecule has 3 aliphatic carbocycles. The van der Waals surface area contributed by atoms with Crippen LogP contribution in [0.4, 0.5) is 0 Å². The maximum Gasteiger partial charge on any atom is 0.105 e. The molecule has 2 N–H and O–H groups in total. The standard InChI is InChI=1S/C31H36N2O3/c1-18-13-22-15-24-27(34)28(35)25(33(3)4)16-30(24)10-11-31(22,36-30)26-8-7-23(29(18,26)2)20-5-6-21-17-32-12-9-19(21)14-20/h5-7,9,12-15,17-18,25-28,34-35H,8,10-11,16H2,1-4H3. The van der Waals surface area contributed by atoms with Crippen molar-refractivity contribution in [2.45, 2.75) is 69.0 Å². The maximum absolute atomic E-state index is 11.2. The van der Waals surface area contributed by atoms with Crippen molar-refractivity contribution in [1.29, 1.82) is 0 Å². The van der Waals surface area contributed by atoms with Gasteiger partial charge in [0.1, 0.15) is 6.10 Å². The van der Waals surface area contributed by atoms with Crippen LogP contribution in [0.5, 0.6) is 0 Å². The lowest BCUT2D eigenvalue weighted by Gasteiger charge is -2.57. The summed E-state index contributed by atoms with van der Waals surface area (Å²) in [7, 11) is 3.97. The molecule has 8 unspecified atom stereocenters. The summed E-state index contributed by atoms with van der Waals surface area (Å²) in [4.78, 5) is 6.32. The molecule has 2 aromatic rings. The molecule has 0 amide bonds. The van der Waals surface area contributed by atoms with E-state index in [9.17, 15) is 10.2 Å².